The summed E-state index contributed by atoms with van der Waals surface area (Å²) in [5, 5.41) is 0. The third-order valence-electron chi connectivity index (χ3n) is 11.5. The maximum atomic E-state index is 6.61. The van der Waals surface area contributed by atoms with E-state index < -0.39 is 0 Å². The third kappa shape index (κ3) is 24.1. The summed E-state index contributed by atoms with van der Waals surface area (Å²) in [5.74, 6) is 0. The molecule has 288 valence electrons. The molecule has 1 heterocycles. The summed E-state index contributed by atoms with van der Waals surface area (Å²) in [6.45, 7) is 17.4. The van der Waals surface area contributed by atoms with E-state index in [0.717, 1.165) is 63.4 Å². The van der Waals surface area contributed by atoms with E-state index in [1.807, 2.05) is 0 Å². The van der Waals surface area contributed by atoms with Crippen LogP contribution in [0, 0.1) is 0 Å². The van der Waals surface area contributed by atoms with E-state index >= 15 is 0 Å². The van der Waals surface area contributed by atoms with Crippen LogP contribution in [-0.4, -0.2) is 74.3 Å². The maximum Gasteiger partial charge on any atom is 0.192 e. The van der Waals surface area contributed by atoms with Crippen LogP contribution < -0.4 is 5.73 Å². The molecule has 0 aromatic heterocycles. The molecule has 2 unspecified atom stereocenters. The highest BCUT2D eigenvalue weighted by molar-refractivity contribution is 4.67. The van der Waals surface area contributed by atoms with Gasteiger partial charge >= 0.3 is 0 Å². The molecule has 0 aromatic rings. The van der Waals surface area contributed by atoms with Gasteiger partial charge in [-0.15, -0.1) is 0 Å². The van der Waals surface area contributed by atoms with Crippen molar-refractivity contribution >= 4 is 0 Å². The van der Waals surface area contributed by atoms with Crippen molar-refractivity contribution < 1.29 is 14.0 Å². The van der Waals surface area contributed by atoms with E-state index in [1.165, 1.54) is 180 Å². The second-order valence-electron chi connectivity index (χ2n) is 15.7. The fourth-order valence-corrected chi connectivity index (χ4v) is 7.84. The minimum absolute atomic E-state index is 0.190. The Hall–Kier alpha value is -0.200. The zero-order chi connectivity index (χ0) is 34.8. The van der Waals surface area contributed by atoms with E-state index in [0.29, 0.717) is 0 Å². The zero-order valence-electron chi connectivity index (χ0n) is 33.6. The first-order chi connectivity index (χ1) is 23.6. The fourth-order valence-electron chi connectivity index (χ4n) is 7.84. The summed E-state index contributed by atoms with van der Waals surface area (Å²) in [6.07, 6.45) is 40.6. The van der Waals surface area contributed by atoms with Crippen molar-refractivity contribution in [3.63, 3.8) is 0 Å². The first-order valence-electron chi connectivity index (χ1n) is 22.1. The Bertz CT molecular complexity index is 598. The molecule has 5 heteroatoms. The number of hydrogen-bond donors (Lipinski definition) is 1. The van der Waals surface area contributed by atoms with Gasteiger partial charge in [-0.05, 0) is 32.4 Å². The highest BCUT2D eigenvalue weighted by Gasteiger charge is 2.43. The van der Waals surface area contributed by atoms with Gasteiger partial charge in [-0.2, -0.15) is 0 Å². The van der Waals surface area contributed by atoms with Gasteiger partial charge in [0, 0.05) is 26.9 Å². The summed E-state index contributed by atoms with van der Waals surface area (Å²) in [4.78, 5) is 2.60. The molecular weight excluding hydrogens is 590 g/mol. The Labute approximate surface area is 302 Å². The van der Waals surface area contributed by atoms with Gasteiger partial charge in [-0.3, -0.25) is 9.38 Å². The Morgan fingerprint density at radius 3 is 1.04 bits per heavy atom. The van der Waals surface area contributed by atoms with Crippen molar-refractivity contribution in [2.45, 2.75) is 226 Å². The molecule has 0 amide bonds. The van der Waals surface area contributed by atoms with Crippen molar-refractivity contribution in [2.24, 2.45) is 5.73 Å². The number of nitrogens with zero attached hydrogens (tertiary/aromatic N) is 2. The Morgan fingerprint density at radius 2 is 0.750 bits per heavy atom. The Kier molecular flexibility index (Phi) is 32.4. The largest absolute Gasteiger partial charge is 0.330 e. The lowest BCUT2D eigenvalue weighted by atomic mass is 10.0. The first-order valence-corrected chi connectivity index (χ1v) is 22.1. The van der Waals surface area contributed by atoms with Crippen molar-refractivity contribution in [3.05, 3.63) is 0 Å². The van der Waals surface area contributed by atoms with Crippen LogP contribution >= 0.6 is 0 Å². The molecule has 0 aliphatic carbocycles. The fraction of sp³-hybridized carbons (Fsp3) is 1.00. The van der Waals surface area contributed by atoms with E-state index in [2.05, 4.69) is 32.6 Å². The van der Waals surface area contributed by atoms with E-state index in [-0.39, 0.29) is 12.5 Å². The lowest BCUT2D eigenvalue weighted by molar-refractivity contribution is -1.01. The number of quaternary nitrogens is 1. The van der Waals surface area contributed by atoms with Gasteiger partial charge in [0.15, 0.2) is 12.5 Å². The molecule has 1 rings (SSSR count). The number of hydrogen-bond acceptors (Lipinski definition) is 4. The molecule has 1 aliphatic rings. The van der Waals surface area contributed by atoms with Crippen LogP contribution in [0.15, 0.2) is 0 Å². The lowest BCUT2D eigenvalue weighted by Crippen LogP contribution is -2.68. The van der Waals surface area contributed by atoms with Gasteiger partial charge in [0.25, 0.3) is 0 Å². The SMILES string of the molecule is CCCCCCCCCCCCCCCCOC(C)[N+]1(C(C)OCCCCCCCCCCCCCCCC)CCN(CCCN)CC1. The molecule has 2 atom stereocenters. The van der Waals surface area contributed by atoms with Crippen LogP contribution in [0.1, 0.15) is 214 Å². The molecule has 0 saturated carbocycles. The van der Waals surface area contributed by atoms with Crippen molar-refractivity contribution in [3.8, 4) is 0 Å². The smallest absolute Gasteiger partial charge is 0.192 e. The molecule has 1 fully saturated rings. The minimum atomic E-state index is 0.190. The van der Waals surface area contributed by atoms with Crippen molar-refractivity contribution in [1.82, 2.24) is 4.90 Å². The number of nitrogens with two attached hydrogens (primary N) is 1. The van der Waals surface area contributed by atoms with Crippen LogP contribution in [0.3, 0.4) is 0 Å². The summed E-state index contributed by atoms with van der Waals surface area (Å²) in [7, 11) is 0. The summed E-state index contributed by atoms with van der Waals surface area (Å²) < 4.78 is 14.2. The highest BCUT2D eigenvalue weighted by atomic mass is 16.5. The number of rotatable bonds is 37. The zero-order valence-corrected chi connectivity index (χ0v) is 33.6. The van der Waals surface area contributed by atoms with E-state index in [4.69, 9.17) is 15.2 Å². The summed E-state index contributed by atoms with van der Waals surface area (Å²) in [5.41, 5.74) is 5.82. The van der Waals surface area contributed by atoms with E-state index in [1.54, 1.807) is 0 Å². The lowest BCUT2D eigenvalue weighted by Gasteiger charge is -2.50. The monoisotopic (exact) mass is 681 g/mol. The molecule has 5 nitrogen and oxygen atoms in total. The molecule has 0 bridgehead atoms. The van der Waals surface area contributed by atoms with Crippen LogP contribution in [0.5, 0.6) is 0 Å². The molecule has 2 N–H and O–H groups in total. The third-order valence-corrected chi connectivity index (χ3v) is 11.5. The summed E-state index contributed by atoms with van der Waals surface area (Å²) >= 11 is 0. The van der Waals surface area contributed by atoms with E-state index in [9.17, 15) is 0 Å². The molecular formula is C43H90N3O2+. The second-order valence-corrected chi connectivity index (χ2v) is 15.7. The highest BCUT2D eigenvalue weighted by Crippen LogP contribution is 2.26. The van der Waals surface area contributed by atoms with Crippen LogP contribution in [-0.2, 0) is 9.47 Å². The van der Waals surface area contributed by atoms with Crippen molar-refractivity contribution in [2.75, 3.05) is 52.5 Å². The molecule has 1 saturated heterocycles. The number of unbranched alkanes of at least 4 members (excludes halogenated alkanes) is 26. The average Bonchev–Trinajstić information content (AvgIpc) is 3.10. The molecule has 48 heavy (non-hydrogen) atoms. The average molecular weight is 681 g/mol. The standard InChI is InChI=1S/C43H90N3O2/c1-5-7-9-11-13-15-17-19-21-23-25-27-29-31-40-47-42(3)46(38-36-45(37-39-46)35-33-34-44)43(4)48-41-32-30-28-26-24-22-20-18-16-14-12-10-8-6-2/h42-43H,5-41,44H2,1-4H3/q+1. The predicted molar refractivity (Wildman–Crippen MR) is 212 cm³/mol. The van der Waals surface area contributed by atoms with Gasteiger partial charge in [0.05, 0.1) is 26.3 Å². The topological polar surface area (TPSA) is 47.7 Å². The van der Waals surface area contributed by atoms with Gasteiger partial charge in [0.2, 0.25) is 0 Å². The van der Waals surface area contributed by atoms with Gasteiger partial charge in [-0.1, -0.05) is 181 Å². The van der Waals surface area contributed by atoms with Crippen LogP contribution in [0.2, 0.25) is 0 Å². The Morgan fingerprint density at radius 1 is 0.458 bits per heavy atom. The van der Waals surface area contributed by atoms with Crippen LogP contribution in [0.4, 0.5) is 0 Å². The summed E-state index contributed by atoms with van der Waals surface area (Å²) in [6, 6.07) is 0. The predicted octanol–water partition coefficient (Wildman–Crippen LogP) is 12.2. The Balaban J connectivity index is 2.21. The molecule has 0 aromatic carbocycles. The van der Waals surface area contributed by atoms with Gasteiger partial charge < -0.3 is 15.2 Å². The number of piperazine rings is 1. The molecule has 1 aliphatic heterocycles. The molecule has 0 radical (unpaired) electrons. The normalized spacial score (nSPS) is 16.4. The minimum Gasteiger partial charge on any atom is -0.330 e. The molecule has 0 spiro atoms. The van der Waals surface area contributed by atoms with Crippen LogP contribution in [0.25, 0.3) is 0 Å². The number of ether oxygens (including phenoxy) is 2. The van der Waals surface area contributed by atoms with Gasteiger partial charge in [0.1, 0.15) is 0 Å². The maximum absolute atomic E-state index is 6.61. The van der Waals surface area contributed by atoms with Gasteiger partial charge in [-0.25, -0.2) is 0 Å². The quantitative estimate of drug-likeness (QED) is 0.0524. The first kappa shape index (κ1) is 45.8. The van der Waals surface area contributed by atoms with Crippen molar-refractivity contribution in [1.29, 1.82) is 0 Å². The second kappa shape index (κ2) is 33.9.